The van der Waals surface area contributed by atoms with E-state index in [1.165, 1.54) is 0 Å². The molecule has 2 aromatic rings. The van der Waals surface area contributed by atoms with E-state index in [2.05, 4.69) is 21.2 Å². The lowest BCUT2D eigenvalue weighted by Gasteiger charge is -2.25. The van der Waals surface area contributed by atoms with Crippen molar-refractivity contribution in [3.05, 3.63) is 57.5 Å². The number of amides is 1. The predicted octanol–water partition coefficient (Wildman–Crippen LogP) is 4.77. The topological polar surface area (TPSA) is 62.1 Å². The summed E-state index contributed by atoms with van der Waals surface area (Å²) in [5.74, 6) is 0.242. The zero-order valence-corrected chi connectivity index (χ0v) is 14.9. The van der Waals surface area contributed by atoms with E-state index in [-0.39, 0.29) is 5.91 Å². The molecule has 0 spiro atoms. The first-order valence-corrected chi connectivity index (χ1v) is 7.94. The van der Waals surface area contributed by atoms with E-state index in [0.29, 0.717) is 26.5 Å². The Morgan fingerprint density at radius 3 is 2.48 bits per heavy atom. The number of hydrogen-bond donors (Lipinski definition) is 1. The molecule has 1 N–H and O–H groups in total. The lowest BCUT2D eigenvalue weighted by Crippen LogP contribution is -2.42. The normalized spacial score (nSPS) is 10.7. The van der Waals surface area contributed by atoms with Gasteiger partial charge in [0, 0.05) is 9.50 Å². The minimum Gasteiger partial charge on any atom is -0.478 e. The third-order valence-corrected chi connectivity index (χ3v) is 3.99. The SMILES string of the molecule is CC(C)(Oc1ccc(Cl)cc1)C(=O)Nc1ccc(C#N)cc1Br. The molecule has 23 heavy (non-hydrogen) atoms. The Labute approximate surface area is 148 Å². The first kappa shape index (κ1) is 17.3. The van der Waals surface area contributed by atoms with Crippen molar-refractivity contribution in [1.29, 1.82) is 5.26 Å². The molecule has 1 amide bonds. The van der Waals surface area contributed by atoms with Gasteiger partial charge in [-0.15, -0.1) is 0 Å². The second kappa shape index (κ2) is 7.03. The summed E-state index contributed by atoms with van der Waals surface area (Å²) in [7, 11) is 0. The molecule has 0 fully saturated rings. The van der Waals surface area contributed by atoms with Crippen LogP contribution in [0.25, 0.3) is 0 Å². The smallest absolute Gasteiger partial charge is 0.268 e. The number of anilines is 1. The van der Waals surface area contributed by atoms with Gasteiger partial charge in [0.15, 0.2) is 5.60 Å². The lowest BCUT2D eigenvalue weighted by atomic mass is 10.1. The zero-order chi connectivity index (χ0) is 17.0. The summed E-state index contributed by atoms with van der Waals surface area (Å²) in [5, 5.41) is 12.2. The van der Waals surface area contributed by atoms with E-state index in [0.717, 1.165) is 0 Å². The van der Waals surface area contributed by atoms with Gasteiger partial charge in [0.2, 0.25) is 0 Å². The molecule has 0 atom stereocenters. The van der Waals surface area contributed by atoms with E-state index < -0.39 is 5.60 Å². The van der Waals surface area contributed by atoms with Crippen LogP contribution >= 0.6 is 27.5 Å². The van der Waals surface area contributed by atoms with E-state index in [1.54, 1.807) is 56.3 Å². The molecule has 0 radical (unpaired) electrons. The Balaban J connectivity index is 2.12. The second-order valence-electron chi connectivity index (χ2n) is 5.33. The highest BCUT2D eigenvalue weighted by Crippen LogP contribution is 2.26. The van der Waals surface area contributed by atoms with Crippen LogP contribution in [0, 0.1) is 11.3 Å². The summed E-state index contributed by atoms with van der Waals surface area (Å²) in [6, 6.07) is 13.8. The molecule has 0 aliphatic rings. The van der Waals surface area contributed by atoms with Crippen molar-refractivity contribution < 1.29 is 9.53 Å². The maximum Gasteiger partial charge on any atom is 0.268 e. The lowest BCUT2D eigenvalue weighted by molar-refractivity contribution is -0.128. The minimum atomic E-state index is -1.08. The fourth-order valence-corrected chi connectivity index (χ4v) is 2.41. The van der Waals surface area contributed by atoms with Crippen LogP contribution in [0.1, 0.15) is 19.4 Å². The number of ether oxygens (including phenoxy) is 1. The van der Waals surface area contributed by atoms with Gasteiger partial charge in [0.25, 0.3) is 5.91 Å². The number of carbonyl (C=O) groups is 1. The fraction of sp³-hybridized carbons (Fsp3) is 0.176. The summed E-state index contributed by atoms with van der Waals surface area (Å²) < 4.78 is 6.37. The third kappa shape index (κ3) is 4.47. The first-order chi connectivity index (χ1) is 10.8. The predicted molar refractivity (Wildman–Crippen MR) is 93.6 cm³/mol. The summed E-state index contributed by atoms with van der Waals surface area (Å²) >= 11 is 9.17. The van der Waals surface area contributed by atoms with Crippen LogP contribution in [-0.4, -0.2) is 11.5 Å². The molecular formula is C17H14BrClN2O2. The number of benzene rings is 2. The maximum atomic E-state index is 12.5. The standard InChI is InChI=1S/C17H14BrClN2O2/c1-17(2,23-13-6-4-12(19)5-7-13)16(22)21-15-8-3-11(10-20)9-14(15)18/h3-9H,1-2H3,(H,21,22). The Hall–Kier alpha value is -2.03. The Morgan fingerprint density at radius 2 is 1.91 bits per heavy atom. The van der Waals surface area contributed by atoms with Crippen molar-refractivity contribution in [3.8, 4) is 11.8 Å². The van der Waals surface area contributed by atoms with Gasteiger partial charge >= 0.3 is 0 Å². The largest absolute Gasteiger partial charge is 0.478 e. The molecule has 2 rings (SSSR count). The molecule has 0 aliphatic heterocycles. The average Bonchev–Trinajstić information content (AvgIpc) is 2.51. The van der Waals surface area contributed by atoms with Crippen LogP contribution in [0.2, 0.25) is 5.02 Å². The Morgan fingerprint density at radius 1 is 1.26 bits per heavy atom. The van der Waals surface area contributed by atoms with E-state index >= 15 is 0 Å². The molecule has 0 aliphatic carbocycles. The molecule has 0 heterocycles. The summed E-state index contributed by atoms with van der Waals surface area (Å²) in [6.45, 7) is 3.35. The molecule has 0 saturated carbocycles. The first-order valence-electron chi connectivity index (χ1n) is 6.77. The van der Waals surface area contributed by atoms with Gasteiger partial charge in [-0.2, -0.15) is 5.26 Å². The van der Waals surface area contributed by atoms with Crippen molar-refractivity contribution in [3.63, 3.8) is 0 Å². The summed E-state index contributed by atoms with van der Waals surface area (Å²) in [5.41, 5.74) is -0.00502. The highest BCUT2D eigenvalue weighted by atomic mass is 79.9. The third-order valence-electron chi connectivity index (χ3n) is 3.08. The minimum absolute atomic E-state index is 0.308. The Kier molecular flexibility index (Phi) is 5.30. The number of nitrogens with one attached hydrogen (secondary N) is 1. The molecule has 0 bridgehead atoms. The number of nitriles is 1. The maximum absolute atomic E-state index is 12.5. The van der Waals surface area contributed by atoms with Crippen LogP contribution in [-0.2, 0) is 4.79 Å². The Bertz CT molecular complexity index is 767. The number of halogens is 2. The van der Waals surface area contributed by atoms with Crippen molar-refractivity contribution in [1.82, 2.24) is 0 Å². The monoisotopic (exact) mass is 392 g/mol. The molecule has 0 saturated heterocycles. The van der Waals surface area contributed by atoms with Gasteiger partial charge in [-0.3, -0.25) is 4.79 Å². The van der Waals surface area contributed by atoms with E-state index in [1.807, 2.05) is 6.07 Å². The van der Waals surface area contributed by atoms with Gasteiger partial charge in [-0.25, -0.2) is 0 Å². The van der Waals surface area contributed by atoms with Crippen LogP contribution in [0.5, 0.6) is 5.75 Å². The second-order valence-corrected chi connectivity index (χ2v) is 6.62. The van der Waals surface area contributed by atoms with Crippen LogP contribution < -0.4 is 10.1 Å². The molecule has 2 aromatic carbocycles. The molecular weight excluding hydrogens is 380 g/mol. The number of hydrogen-bond acceptors (Lipinski definition) is 3. The molecule has 6 heteroatoms. The van der Waals surface area contributed by atoms with Crippen LogP contribution in [0.3, 0.4) is 0 Å². The average molecular weight is 394 g/mol. The molecule has 0 aromatic heterocycles. The summed E-state index contributed by atoms with van der Waals surface area (Å²) in [6.07, 6.45) is 0. The molecule has 4 nitrogen and oxygen atoms in total. The van der Waals surface area contributed by atoms with Crippen LogP contribution in [0.15, 0.2) is 46.9 Å². The van der Waals surface area contributed by atoms with Gasteiger partial charge in [-0.1, -0.05) is 11.6 Å². The number of rotatable bonds is 4. The number of nitrogens with zero attached hydrogens (tertiary/aromatic N) is 1. The van der Waals surface area contributed by atoms with Crippen molar-refractivity contribution in [2.45, 2.75) is 19.4 Å². The summed E-state index contributed by atoms with van der Waals surface area (Å²) in [4.78, 5) is 12.5. The highest BCUT2D eigenvalue weighted by Gasteiger charge is 2.30. The van der Waals surface area contributed by atoms with Crippen molar-refractivity contribution in [2.24, 2.45) is 0 Å². The van der Waals surface area contributed by atoms with Crippen LogP contribution in [0.4, 0.5) is 5.69 Å². The van der Waals surface area contributed by atoms with Gasteiger partial charge in [-0.05, 0) is 72.2 Å². The molecule has 0 unspecified atom stereocenters. The fourth-order valence-electron chi connectivity index (χ4n) is 1.80. The van der Waals surface area contributed by atoms with E-state index in [4.69, 9.17) is 21.6 Å². The number of carbonyl (C=O) groups excluding carboxylic acids is 1. The molecule has 118 valence electrons. The van der Waals surface area contributed by atoms with Gasteiger partial charge < -0.3 is 10.1 Å². The zero-order valence-electron chi connectivity index (χ0n) is 12.6. The van der Waals surface area contributed by atoms with E-state index in [9.17, 15) is 4.79 Å². The van der Waals surface area contributed by atoms with Gasteiger partial charge in [0.05, 0.1) is 17.3 Å². The van der Waals surface area contributed by atoms with Crippen molar-refractivity contribution in [2.75, 3.05) is 5.32 Å². The quantitative estimate of drug-likeness (QED) is 0.814. The van der Waals surface area contributed by atoms with Crippen molar-refractivity contribution >= 4 is 39.1 Å². The highest BCUT2D eigenvalue weighted by molar-refractivity contribution is 9.10. The van der Waals surface area contributed by atoms with Gasteiger partial charge in [0.1, 0.15) is 5.75 Å².